The van der Waals surface area contributed by atoms with Gasteiger partial charge in [0.15, 0.2) is 0 Å². The first kappa shape index (κ1) is 11.8. The smallest absolute Gasteiger partial charge is 0.306 e. The number of esters is 1. The van der Waals surface area contributed by atoms with Crippen LogP contribution < -0.4 is 0 Å². The van der Waals surface area contributed by atoms with E-state index < -0.39 is 0 Å². The fraction of sp³-hybridized carbons (Fsp3) is 0.636. The van der Waals surface area contributed by atoms with Gasteiger partial charge >= 0.3 is 5.97 Å². The van der Waals surface area contributed by atoms with Crippen LogP contribution in [0.25, 0.3) is 0 Å². The number of carbonyl (C=O) groups excluding carboxylic acids is 1. The van der Waals surface area contributed by atoms with Gasteiger partial charge in [-0.3, -0.25) is 4.79 Å². The molecule has 1 heterocycles. The van der Waals surface area contributed by atoms with E-state index in [-0.39, 0.29) is 5.97 Å². The van der Waals surface area contributed by atoms with Crippen molar-refractivity contribution >= 4 is 5.97 Å². The average Bonchev–Trinajstić information content (AvgIpc) is 2.53. The third-order valence-electron chi connectivity index (χ3n) is 2.23. The molecular formula is C11H17NO3. The molecule has 15 heavy (non-hydrogen) atoms. The van der Waals surface area contributed by atoms with E-state index in [2.05, 4.69) is 5.16 Å². The monoisotopic (exact) mass is 211 g/mol. The zero-order chi connectivity index (χ0) is 11.3. The van der Waals surface area contributed by atoms with Gasteiger partial charge in [0.2, 0.25) is 0 Å². The second-order valence-electron chi connectivity index (χ2n) is 3.52. The van der Waals surface area contributed by atoms with Gasteiger partial charge < -0.3 is 9.26 Å². The highest BCUT2D eigenvalue weighted by atomic mass is 16.5. The molecule has 0 unspecified atom stereocenters. The molecule has 0 atom stereocenters. The molecule has 0 aliphatic rings. The molecule has 1 aromatic rings. The summed E-state index contributed by atoms with van der Waals surface area (Å²) in [6.45, 7) is 6.21. The van der Waals surface area contributed by atoms with E-state index in [0.29, 0.717) is 19.4 Å². The molecular weight excluding hydrogens is 194 g/mol. The Kier molecular flexibility index (Phi) is 4.34. The van der Waals surface area contributed by atoms with E-state index in [4.69, 9.17) is 9.26 Å². The number of aryl methyl sites for hydroxylation is 2. The third-order valence-corrected chi connectivity index (χ3v) is 2.23. The van der Waals surface area contributed by atoms with Crippen LogP contribution in [0.4, 0.5) is 0 Å². The Morgan fingerprint density at radius 3 is 2.73 bits per heavy atom. The maximum Gasteiger partial charge on any atom is 0.306 e. The second-order valence-corrected chi connectivity index (χ2v) is 3.52. The van der Waals surface area contributed by atoms with Gasteiger partial charge in [0, 0.05) is 12.0 Å². The minimum Gasteiger partial charge on any atom is -0.466 e. The number of rotatable bonds is 5. The summed E-state index contributed by atoms with van der Waals surface area (Å²) in [4.78, 5) is 11.2. The summed E-state index contributed by atoms with van der Waals surface area (Å²) in [5.41, 5.74) is 1.87. The average molecular weight is 211 g/mol. The van der Waals surface area contributed by atoms with E-state index in [1.165, 1.54) is 0 Å². The van der Waals surface area contributed by atoms with E-state index in [9.17, 15) is 4.79 Å². The van der Waals surface area contributed by atoms with E-state index in [0.717, 1.165) is 23.4 Å². The lowest BCUT2D eigenvalue weighted by molar-refractivity contribution is -0.143. The summed E-state index contributed by atoms with van der Waals surface area (Å²) in [5.74, 6) is 0.632. The third kappa shape index (κ3) is 3.38. The normalized spacial score (nSPS) is 10.3. The quantitative estimate of drug-likeness (QED) is 0.700. The zero-order valence-corrected chi connectivity index (χ0v) is 9.50. The van der Waals surface area contributed by atoms with Crippen molar-refractivity contribution in [1.29, 1.82) is 0 Å². The maximum atomic E-state index is 11.2. The molecule has 0 amide bonds. The summed E-state index contributed by atoms with van der Waals surface area (Å²) >= 11 is 0. The Balaban J connectivity index is 2.40. The molecule has 0 fully saturated rings. The molecule has 0 radical (unpaired) electrons. The van der Waals surface area contributed by atoms with Gasteiger partial charge in [-0.05, 0) is 26.7 Å². The lowest BCUT2D eigenvalue weighted by atomic mass is 10.1. The highest BCUT2D eigenvalue weighted by Gasteiger charge is 2.11. The van der Waals surface area contributed by atoms with Crippen LogP contribution in [0.1, 0.15) is 36.8 Å². The predicted octanol–water partition coefficient (Wildman–Crippen LogP) is 2.18. The van der Waals surface area contributed by atoms with Crippen LogP contribution in [0.15, 0.2) is 4.52 Å². The number of hydrogen-bond acceptors (Lipinski definition) is 4. The van der Waals surface area contributed by atoms with Crippen molar-refractivity contribution in [1.82, 2.24) is 5.16 Å². The van der Waals surface area contributed by atoms with Crippen molar-refractivity contribution in [2.45, 2.75) is 40.0 Å². The molecule has 1 aromatic heterocycles. The molecule has 0 aliphatic carbocycles. The molecule has 4 heteroatoms. The Bertz CT molecular complexity index is 311. The molecule has 84 valence electrons. The number of aromatic nitrogens is 1. The standard InChI is InChI=1S/C11H17NO3/c1-4-7-14-11(13)6-5-10-8(2)12-15-9(10)3/h4-7H2,1-3H3. The first-order chi connectivity index (χ1) is 7.15. The summed E-state index contributed by atoms with van der Waals surface area (Å²) in [5, 5.41) is 3.83. The second kappa shape index (κ2) is 5.53. The van der Waals surface area contributed by atoms with Crippen LogP contribution in [-0.4, -0.2) is 17.7 Å². The van der Waals surface area contributed by atoms with Gasteiger partial charge in [-0.2, -0.15) is 0 Å². The Morgan fingerprint density at radius 1 is 1.47 bits per heavy atom. The lowest BCUT2D eigenvalue weighted by Crippen LogP contribution is -2.06. The van der Waals surface area contributed by atoms with Crippen LogP contribution in [0.2, 0.25) is 0 Å². The first-order valence-electron chi connectivity index (χ1n) is 5.22. The van der Waals surface area contributed by atoms with Crippen LogP contribution >= 0.6 is 0 Å². The van der Waals surface area contributed by atoms with Crippen molar-refractivity contribution in [3.63, 3.8) is 0 Å². The highest BCUT2D eigenvalue weighted by Crippen LogP contribution is 2.14. The predicted molar refractivity (Wildman–Crippen MR) is 55.5 cm³/mol. The summed E-state index contributed by atoms with van der Waals surface area (Å²) < 4.78 is 9.99. The summed E-state index contributed by atoms with van der Waals surface area (Å²) in [7, 11) is 0. The minimum atomic E-state index is -0.156. The minimum absolute atomic E-state index is 0.156. The van der Waals surface area contributed by atoms with Crippen LogP contribution in [0.5, 0.6) is 0 Å². The number of carbonyl (C=O) groups is 1. The van der Waals surface area contributed by atoms with Crippen LogP contribution in [0.3, 0.4) is 0 Å². The first-order valence-corrected chi connectivity index (χ1v) is 5.22. The van der Waals surface area contributed by atoms with Gasteiger partial charge in [0.1, 0.15) is 5.76 Å². The molecule has 0 spiro atoms. The Morgan fingerprint density at radius 2 is 2.20 bits per heavy atom. The van der Waals surface area contributed by atoms with Gasteiger partial charge in [-0.25, -0.2) is 0 Å². The highest BCUT2D eigenvalue weighted by molar-refractivity contribution is 5.69. The van der Waals surface area contributed by atoms with Gasteiger partial charge in [0.05, 0.1) is 12.3 Å². The zero-order valence-electron chi connectivity index (χ0n) is 9.50. The van der Waals surface area contributed by atoms with E-state index >= 15 is 0 Å². The topological polar surface area (TPSA) is 52.3 Å². The molecule has 0 saturated heterocycles. The van der Waals surface area contributed by atoms with E-state index in [1.54, 1.807) is 0 Å². The largest absolute Gasteiger partial charge is 0.466 e. The maximum absolute atomic E-state index is 11.2. The number of ether oxygens (including phenoxy) is 1. The van der Waals surface area contributed by atoms with Gasteiger partial charge in [-0.1, -0.05) is 12.1 Å². The Labute approximate surface area is 89.6 Å². The van der Waals surface area contributed by atoms with Crippen LogP contribution in [-0.2, 0) is 16.0 Å². The Hall–Kier alpha value is -1.32. The molecule has 0 saturated carbocycles. The van der Waals surface area contributed by atoms with Crippen LogP contribution in [0, 0.1) is 13.8 Å². The lowest BCUT2D eigenvalue weighted by Gasteiger charge is -2.02. The number of nitrogens with zero attached hydrogens (tertiary/aromatic N) is 1. The molecule has 0 N–H and O–H groups in total. The molecule has 0 bridgehead atoms. The summed E-state index contributed by atoms with van der Waals surface area (Å²) in [6, 6.07) is 0. The van der Waals surface area contributed by atoms with Gasteiger partial charge in [-0.15, -0.1) is 0 Å². The molecule has 1 rings (SSSR count). The summed E-state index contributed by atoms with van der Waals surface area (Å²) in [6.07, 6.45) is 1.89. The van der Waals surface area contributed by atoms with Crippen molar-refractivity contribution in [3.8, 4) is 0 Å². The fourth-order valence-electron chi connectivity index (χ4n) is 1.37. The fourth-order valence-corrected chi connectivity index (χ4v) is 1.37. The molecule has 0 aromatic carbocycles. The number of hydrogen-bond donors (Lipinski definition) is 0. The van der Waals surface area contributed by atoms with E-state index in [1.807, 2.05) is 20.8 Å². The molecule has 0 aliphatic heterocycles. The molecule has 4 nitrogen and oxygen atoms in total. The van der Waals surface area contributed by atoms with Gasteiger partial charge in [0.25, 0.3) is 0 Å². The SMILES string of the molecule is CCCOC(=O)CCc1c(C)noc1C. The van der Waals surface area contributed by atoms with Crippen molar-refractivity contribution in [2.75, 3.05) is 6.61 Å². The van der Waals surface area contributed by atoms with Crippen molar-refractivity contribution in [3.05, 3.63) is 17.0 Å². The van der Waals surface area contributed by atoms with Crippen molar-refractivity contribution in [2.24, 2.45) is 0 Å². The van der Waals surface area contributed by atoms with Crippen molar-refractivity contribution < 1.29 is 14.1 Å².